The Hall–Kier alpha value is -0.610. The van der Waals surface area contributed by atoms with Crippen molar-refractivity contribution in [3.63, 3.8) is 0 Å². The summed E-state index contributed by atoms with van der Waals surface area (Å²) in [6.07, 6.45) is 0.896. The Morgan fingerprint density at radius 3 is 2.67 bits per heavy atom. The maximum atomic E-state index is 6.22. The van der Waals surface area contributed by atoms with Crippen LogP contribution in [0.4, 0.5) is 0 Å². The second-order valence-electron chi connectivity index (χ2n) is 5.20. The molecule has 1 aliphatic heterocycles. The Kier molecular flexibility index (Phi) is 5.01. The Bertz CT molecular complexity index is 375. The normalized spacial score (nSPS) is 19.9. The number of hydrogen-bond acceptors (Lipinski definition) is 3. The molecule has 18 heavy (non-hydrogen) atoms. The van der Waals surface area contributed by atoms with Gasteiger partial charge in [0.15, 0.2) is 0 Å². The number of nitrogens with two attached hydrogens (primary N) is 1. The van der Waals surface area contributed by atoms with Crippen molar-refractivity contribution in [2.24, 2.45) is 5.73 Å². The fourth-order valence-corrected chi connectivity index (χ4v) is 2.61. The third kappa shape index (κ3) is 4.25. The number of hydrogen-bond donors (Lipinski definition) is 1. The molecule has 0 aliphatic carbocycles. The molecule has 1 aliphatic rings. The summed E-state index contributed by atoms with van der Waals surface area (Å²) in [7, 11) is 2.17. The van der Waals surface area contributed by atoms with Crippen molar-refractivity contribution < 1.29 is 0 Å². The molecular formula is C14H22ClN3. The molecule has 0 amide bonds. The van der Waals surface area contributed by atoms with Crippen molar-refractivity contribution in [3.05, 3.63) is 34.9 Å². The lowest BCUT2D eigenvalue weighted by molar-refractivity contribution is 0.147. The number of likely N-dealkylation sites (N-methyl/N-ethyl adjacent to an activating group) is 1. The molecule has 1 atom stereocenters. The molecule has 3 nitrogen and oxygen atoms in total. The van der Waals surface area contributed by atoms with Crippen molar-refractivity contribution in [3.8, 4) is 0 Å². The van der Waals surface area contributed by atoms with Crippen LogP contribution in [0.5, 0.6) is 0 Å². The minimum atomic E-state index is 0.187. The van der Waals surface area contributed by atoms with Gasteiger partial charge in [-0.3, -0.25) is 4.90 Å². The molecule has 1 unspecified atom stereocenters. The van der Waals surface area contributed by atoms with E-state index in [1.165, 1.54) is 5.56 Å². The zero-order valence-corrected chi connectivity index (χ0v) is 11.7. The van der Waals surface area contributed by atoms with Crippen molar-refractivity contribution in [1.82, 2.24) is 9.80 Å². The highest BCUT2D eigenvalue weighted by molar-refractivity contribution is 6.30. The molecule has 4 heteroatoms. The van der Waals surface area contributed by atoms with Gasteiger partial charge in [0.1, 0.15) is 0 Å². The van der Waals surface area contributed by atoms with Gasteiger partial charge in [-0.2, -0.15) is 0 Å². The van der Waals surface area contributed by atoms with Gasteiger partial charge in [-0.15, -0.1) is 0 Å². The quantitative estimate of drug-likeness (QED) is 0.897. The fraction of sp³-hybridized carbons (Fsp3) is 0.571. The summed E-state index contributed by atoms with van der Waals surface area (Å²) in [6, 6.07) is 8.17. The lowest BCUT2D eigenvalue weighted by atomic mass is 10.1. The molecule has 1 aromatic carbocycles. The molecule has 1 saturated heterocycles. The fourth-order valence-electron chi connectivity index (χ4n) is 2.39. The van der Waals surface area contributed by atoms with E-state index in [-0.39, 0.29) is 6.04 Å². The van der Waals surface area contributed by atoms with Gasteiger partial charge in [0.05, 0.1) is 0 Å². The maximum absolute atomic E-state index is 6.22. The molecule has 0 radical (unpaired) electrons. The van der Waals surface area contributed by atoms with Crippen LogP contribution >= 0.6 is 11.6 Å². The third-order valence-corrected chi connectivity index (χ3v) is 3.71. The van der Waals surface area contributed by atoms with Crippen molar-refractivity contribution in [2.75, 3.05) is 39.8 Å². The van der Waals surface area contributed by atoms with Gasteiger partial charge < -0.3 is 10.6 Å². The molecular weight excluding hydrogens is 246 g/mol. The molecule has 1 aromatic rings. The van der Waals surface area contributed by atoms with E-state index in [0.717, 1.165) is 44.2 Å². The van der Waals surface area contributed by atoms with Crippen LogP contribution in [0, 0.1) is 0 Å². The summed E-state index contributed by atoms with van der Waals surface area (Å²) in [4.78, 5) is 4.81. The average molecular weight is 268 g/mol. The summed E-state index contributed by atoms with van der Waals surface area (Å²) in [5, 5.41) is 0.791. The molecule has 100 valence electrons. The predicted octanol–water partition coefficient (Wildman–Crippen LogP) is 1.46. The smallest absolute Gasteiger partial charge is 0.0408 e. The summed E-state index contributed by atoms with van der Waals surface area (Å²) in [6.45, 7) is 5.51. The van der Waals surface area contributed by atoms with Crippen molar-refractivity contribution >= 4 is 11.6 Å². The Morgan fingerprint density at radius 1 is 1.28 bits per heavy atom. The molecule has 2 rings (SSSR count). The largest absolute Gasteiger partial charge is 0.326 e. The first-order chi connectivity index (χ1) is 8.63. The number of halogens is 1. The molecule has 0 bridgehead atoms. The maximum Gasteiger partial charge on any atom is 0.0408 e. The number of benzene rings is 1. The van der Waals surface area contributed by atoms with Crippen LogP contribution in [0.15, 0.2) is 24.3 Å². The minimum absolute atomic E-state index is 0.187. The SMILES string of the molecule is CN1CCN(CC(N)Cc2cccc(Cl)c2)CC1. The molecule has 0 saturated carbocycles. The van der Waals surface area contributed by atoms with E-state index in [9.17, 15) is 0 Å². The van der Waals surface area contributed by atoms with E-state index >= 15 is 0 Å². The first-order valence-electron chi connectivity index (χ1n) is 6.54. The Labute approximate surface area is 115 Å². The van der Waals surface area contributed by atoms with Crippen molar-refractivity contribution in [1.29, 1.82) is 0 Å². The number of rotatable bonds is 4. The van der Waals surface area contributed by atoms with Gasteiger partial charge in [0.2, 0.25) is 0 Å². The Morgan fingerprint density at radius 2 is 2.00 bits per heavy atom. The highest BCUT2D eigenvalue weighted by Gasteiger charge is 2.16. The predicted molar refractivity (Wildman–Crippen MR) is 77.1 cm³/mol. The summed E-state index contributed by atoms with van der Waals surface area (Å²) < 4.78 is 0. The van der Waals surface area contributed by atoms with Gasteiger partial charge in [0.25, 0.3) is 0 Å². The lowest BCUT2D eigenvalue weighted by Gasteiger charge is -2.33. The zero-order chi connectivity index (χ0) is 13.0. The average Bonchev–Trinajstić information content (AvgIpc) is 2.32. The van der Waals surface area contributed by atoms with Crippen LogP contribution in [-0.2, 0) is 6.42 Å². The van der Waals surface area contributed by atoms with E-state index in [4.69, 9.17) is 17.3 Å². The Balaban J connectivity index is 1.80. The van der Waals surface area contributed by atoms with Gasteiger partial charge in [0, 0.05) is 43.8 Å². The third-order valence-electron chi connectivity index (χ3n) is 3.48. The van der Waals surface area contributed by atoms with Gasteiger partial charge >= 0.3 is 0 Å². The van der Waals surface area contributed by atoms with E-state index in [1.54, 1.807) is 0 Å². The monoisotopic (exact) mass is 267 g/mol. The van der Waals surface area contributed by atoms with E-state index < -0.39 is 0 Å². The van der Waals surface area contributed by atoms with Crippen LogP contribution in [0.25, 0.3) is 0 Å². The lowest BCUT2D eigenvalue weighted by Crippen LogP contribution is -2.49. The molecule has 2 N–H and O–H groups in total. The second kappa shape index (κ2) is 6.53. The van der Waals surface area contributed by atoms with Gasteiger partial charge in [-0.05, 0) is 31.2 Å². The van der Waals surface area contributed by atoms with Crippen LogP contribution in [-0.4, -0.2) is 55.6 Å². The first-order valence-corrected chi connectivity index (χ1v) is 6.92. The number of nitrogens with zero attached hydrogens (tertiary/aromatic N) is 2. The van der Waals surface area contributed by atoms with Crippen LogP contribution < -0.4 is 5.73 Å². The summed E-state index contributed by atoms with van der Waals surface area (Å²) >= 11 is 5.98. The topological polar surface area (TPSA) is 32.5 Å². The van der Waals surface area contributed by atoms with E-state index in [1.807, 2.05) is 18.2 Å². The van der Waals surface area contributed by atoms with Gasteiger partial charge in [-0.1, -0.05) is 23.7 Å². The minimum Gasteiger partial charge on any atom is -0.326 e. The number of piperazine rings is 1. The summed E-state index contributed by atoms with van der Waals surface area (Å²) in [5.74, 6) is 0. The van der Waals surface area contributed by atoms with Crippen LogP contribution in [0.3, 0.4) is 0 Å². The second-order valence-corrected chi connectivity index (χ2v) is 5.63. The van der Waals surface area contributed by atoms with E-state index in [0.29, 0.717) is 0 Å². The highest BCUT2D eigenvalue weighted by Crippen LogP contribution is 2.12. The van der Waals surface area contributed by atoms with Gasteiger partial charge in [-0.25, -0.2) is 0 Å². The molecule has 1 fully saturated rings. The highest BCUT2D eigenvalue weighted by atomic mass is 35.5. The molecule has 0 aromatic heterocycles. The molecule has 1 heterocycles. The standard InChI is InChI=1S/C14H22ClN3/c1-17-5-7-18(8-6-17)11-14(16)10-12-3-2-4-13(15)9-12/h2-4,9,14H,5-8,10-11,16H2,1H3. The van der Waals surface area contributed by atoms with Crippen molar-refractivity contribution in [2.45, 2.75) is 12.5 Å². The van der Waals surface area contributed by atoms with Crippen LogP contribution in [0.1, 0.15) is 5.56 Å². The molecule has 0 spiro atoms. The zero-order valence-electron chi connectivity index (χ0n) is 11.0. The first kappa shape index (κ1) is 13.8. The summed E-state index contributed by atoms with van der Waals surface area (Å²) in [5.41, 5.74) is 7.45. The van der Waals surface area contributed by atoms with Crippen LogP contribution in [0.2, 0.25) is 5.02 Å². The van der Waals surface area contributed by atoms with E-state index in [2.05, 4.69) is 22.9 Å².